The molecule has 3 rings (SSSR count). The van der Waals surface area contributed by atoms with Crippen LogP contribution in [0.15, 0.2) is 36.4 Å². The van der Waals surface area contributed by atoms with Crippen LogP contribution in [0.4, 0.5) is 0 Å². The number of rotatable bonds is 5. The van der Waals surface area contributed by atoms with Crippen LogP contribution in [0.2, 0.25) is 5.02 Å². The van der Waals surface area contributed by atoms with Crippen molar-refractivity contribution in [2.75, 3.05) is 6.61 Å². The average Bonchev–Trinajstić information content (AvgIpc) is 3.28. The Morgan fingerprint density at radius 3 is 2.50 bits per heavy atom. The van der Waals surface area contributed by atoms with Crippen molar-refractivity contribution in [3.63, 3.8) is 0 Å². The molecule has 0 radical (unpaired) electrons. The van der Waals surface area contributed by atoms with Gasteiger partial charge in [-0.25, -0.2) is 4.79 Å². The molecule has 1 fully saturated rings. The number of benzene rings is 2. The summed E-state index contributed by atoms with van der Waals surface area (Å²) in [5.74, 6) is -0.910. The SMILES string of the molecule is O=C(COc1ccc(Cl)c2ccccc12)NC1(C(=O)O)CC1. The van der Waals surface area contributed by atoms with E-state index in [2.05, 4.69) is 5.32 Å². The second-order valence-electron chi connectivity index (χ2n) is 5.32. The summed E-state index contributed by atoms with van der Waals surface area (Å²) >= 11 is 6.12. The average molecular weight is 320 g/mol. The van der Waals surface area contributed by atoms with E-state index in [9.17, 15) is 9.59 Å². The highest BCUT2D eigenvalue weighted by Gasteiger charge is 2.51. The van der Waals surface area contributed by atoms with E-state index in [0.717, 1.165) is 10.8 Å². The van der Waals surface area contributed by atoms with Crippen molar-refractivity contribution >= 4 is 34.2 Å². The van der Waals surface area contributed by atoms with Gasteiger partial charge in [0.15, 0.2) is 6.61 Å². The van der Waals surface area contributed by atoms with Crippen LogP contribution in [0, 0.1) is 0 Å². The highest BCUT2D eigenvalue weighted by molar-refractivity contribution is 6.35. The van der Waals surface area contributed by atoms with E-state index in [1.807, 2.05) is 24.3 Å². The molecule has 0 atom stereocenters. The van der Waals surface area contributed by atoms with Crippen molar-refractivity contribution in [2.24, 2.45) is 0 Å². The third-order valence-electron chi connectivity index (χ3n) is 3.73. The van der Waals surface area contributed by atoms with Gasteiger partial charge in [-0.1, -0.05) is 35.9 Å². The summed E-state index contributed by atoms with van der Waals surface area (Å²) in [4.78, 5) is 22.9. The van der Waals surface area contributed by atoms with E-state index in [4.69, 9.17) is 21.4 Å². The van der Waals surface area contributed by atoms with Crippen LogP contribution in [0.5, 0.6) is 5.75 Å². The van der Waals surface area contributed by atoms with Crippen LogP contribution in [0.1, 0.15) is 12.8 Å². The zero-order chi connectivity index (χ0) is 15.7. The Morgan fingerprint density at radius 1 is 1.18 bits per heavy atom. The van der Waals surface area contributed by atoms with E-state index in [1.54, 1.807) is 12.1 Å². The summed E-state index contributed by atoms with van der Waals surface area (Å²) in [5.41, 5.74) is -1.09. The summed E-state index contributed by atoms with van der Waals surface area (Å²) < 4.78 is 5.53. The zero-order valence-electron chi connectivity index (χ0n) is 11.6. The van der Waals surface area contributed by atoms with Crippen molar-refractivity contribution in [1.82, 2.24) is 5.32 Å². The summed E-state index contributed by atoms with van der Waals surface area (Å²) in [6, 6.07) is 10.9. The van der Waals surface area contributed by atoms with Crippen LogP contribution in [0.3, 0.4) is 0 Å². The third kappa shape index (κ3) is 2.72. The number of halogens is 1. The number of ether oxygens (including phenoxy) is 1. The number of nitrogens with one attached hydrogen (secondary N) is 1. The highest BCUT2D eigenvalue weighted by atomic mass is 35.5. The van der Waals surface area contributed by atoms with E-state index in [0.29, 0.717) is 23.6 Å². The summed E-state index contributed by atoms with van der Waals surface area (Å²) in [5, 5.41) is 13.8. The summed E-state index contributed by atoms with van der Waals surface area (Å²) in [7, 11) is 0. The Bertz CT molecular complexity index is 755. The first-order valence-corrected chi connectivity index (χ1v) is 7.24. The highest BCUT2D eigenvalue weighted by Crippen LogP contribution is 2.35. The maximum Gasteiger partial charge on any atom is 0.329 e. The second kappa shape index (κ2) is 5.50. The maximum absolute atomic E-state index is 11.9. The minimum atomic E-state index is -1.09. The standard InChI is InChI=1S/C16H14ClNO4/c17-12-5-6-13(11-4-2-1-3-10(11)12)22-9-14(19)18-16(7-8-16)15(20)21/h1-6H,7-9H2,(H,18,19)(H,20,21). The maximum atomic E-state index is 11.9. The van der Waals surface area contributed by atoms with E-state index < -0.39 is 17.4 Å². The van der Waals surface area contributed by atoms with Gasteiger partial charge in [-0.3, -0.25) is 4.79 Å². The lowest BCUT2D eigenvalue weighted by Gasteiger charge is -2.14. The Balaban J connectivity index is 1.71. The quantitative estimate of drug-likeness (QED) is 0.888. The molecule has 1 saturated carbocycles. The van der Waals surface area contributed by atoms with Gasteiger partial charge in [0, 0.05) is 15.8 Å². The summed E-state index contributed by atoms with van der Waals surface area (Å²) in [6.45, 7) is -0.235. The lowest BCUT2D eigenvalue weighted by molar-refractivity contribution is -0.143. The van der Waals surface area contributed by atoms with Crippen LogP contribution >= 0.6 is 11.6 Å². The summed E-state index contributed by atoms with van der Waals surface area (Å²) in [6.07, 6.45) is 0.913. The number of amides is 1. The van der Waals surface area contributed by atoms with Gasteiger partial charge >= 0.3 is 5.97 Å². The molecule has 0 bridgehead atoms. The van der Waals surface area contributed by atoms with Gasteiger partial charge in [-0.2, -0.15) is 0 Å². The van der Waals surface area contributed by atoms with E-state index >= 15 is 0 Å². The number of carboxylic acids is 1. The first kappa shape index (κ1) is 14.7. The first-order chi connectivity index (χ1) is 10.5. The molecule has 0 unspecified atom stereocenters. The Morgan fingerprint density at radius 2 is 1.86 bits per heavy atom. The first-order valence-electron chi connectivity index (χ1n) is 6.86. The topological polar surface area (TPSA) is 75.6 Å². The lowest BCUT2D eigenvalue weighted by atomic mass is 10.1. The molecule has 22 heavy (non-hydrogen) atoms. The Kier molecular flexibility index (Phi) is 3.66. The van der Waals surface area contributed by atoms with Crippen LogP contribution < -0.4 is 10.1 Å². The van der Waals surface area contributed by atoms with Crippen LogP contribution in [-0.2, 0) is 9.59 Å². The van der Waals surface area contributed by atoms with Crippen molar-refractivity contribution in [1.29, 1.82) is 0 Å². The normalized spacial score (nSPS) is 15.3. The predicted octanol–water partition coefficient (Wildman–Crippen LogP) is 2.61. The Hall–Kier alpha value is -2.27. The number of carbonyl (C=O) groups is 2. The van der Waals surface area contributed by atoms with Gasteiger partial charge < -0.3 is 15.2 Å². The van der Waals surface area contributed by atoms with E-state index in [-0.39, 0.29) is 6.61 Å². The molecule has 1 amide bonds. The van der Waals surface area contributed by atoms with Crippen molar-refractivity contribution in [3.8, 4) is 5.75 Å². The molecule has 2 aromatic rings. The van der Waals surface area contributed by atoms with Crippen LogP contribution in [0.25, 0.3) is 10.8 Å². The minimum absolute atomic E-state index is 0.235. The van der Waals surface area contributed by atoms with Gasteiger partial charge in [0.1, 0.15) is 11.3 Å². The lowest BCUT2D eigenvalue weighted by Crippen LogP contribution is -2.45. The smallest absolute Gasteiger partial charge is 0.329 e. The fourth-order valence-corrected chi connectivity index (χ4v) is 2.55. The molecule has 2 aromatic carbocycles. The molecule has 114 valence electrons. The second-order valence-corrected chi connectivity index (χ2v) is 5.72. The molecule has 0 aromatic heterocycles. The molecule has 0 aliphatic heterocycles. The molecule has 0 saturated heterocycles. The molecule has 1 aliphatic rings. The van der Waals surface area contributed by atoms with Crippen molar-refractivity contribution in [3.05, 3.63) is 41.4 Å². The number of carboxylic acid groups (broad SMARTS) is 1. The predicted molar refractivity (Wildman–Crippen MR) is 82.2 cm³/mol. The van der Waals surface area contributed by atoms with Gasteiger partial charge in [0.05, 0.1) is 0 Å². The molecule has 2 N–H and O–H groups in total. The molecule has 0 heterocycles. The Labute approximate surface area is 131 Å². The van der Waals surface area contributed by atoms with Crippen LogP contribution in [-0.4, -0.2) is 29.1 Å². The fraction of sp³-hybridized carbons (Fsp3) is 0.250. The monoisotopic (exact) mass is 319 g/mol. The van der Waals surface area contributed by atoms with E-state index in [1.165, 1.54) is 0 Å². The van der Waals surface area contributed by atoms with Gasteiger partial charge in [-0.15, -0.1) is 0 Å². The molecule has 6 heteroatoms. The van der Waals surface area contributed by atoms with Gasteiger partial charge in [-0.05, 0) is 25.0 Å². The number of carbonyl (C=O) groups excluding carboxylic acids is 1. The third-order valence-corrected chi connectivity index (χ3v) is 4.06. The fourth-order valence-electron chi connectivity index (χ4n) is 2.32. The number of fused-ring (bicyclic) bond motifs is 1. The number of hydrogen-bond donors (Lipinski definition) is 2. The van der Waals surface area contributed by atoms with Crippen molar-refractivity contribution < 1.29 is 19.4 Å². The number of aliphatic carboxylic acids is 1. The molecule has 1 aliphatic carbocycles. The molecule has 5 nitrogen and oxygen atoms in total. The zero-order valence-corrected chi connectivity index (χ0v) is 12.4. The molecular weight excluding hydrogens is 306 g/mol. The molecule has 0 spiro atoms. The molecular formula is C16H14ClNO4. The van der Waals surface area contributed by atoms with Crippen molar-refractivity contribution in [2.45, 2.75) is 18.4 Å². The number of hydrogen-bond acceptors (Lipinski definition) is 3. The van der Waals surface area contributed by atoms with Gasteiger partial charge in [0.2, 0.25) is 0 Å². The van der Waals surface area contributed by atoms with Gasteiger partial charge in [0.25, 0.3) is 5.91 Å². The largest absolute Gasteiger partial charge is 0.483 e. The minimum Gasteiger partial charge on any atom is -0.483 e.